The first-order chi connectivity index (χ1) is 9.73. The van der Waals surface area contributed by atoms with E-state index in [1.165, 1.54) is 19.3 Å². The normalized spacial score (nSPS) is 20.3. The molecule has 0 radical (unpaired) electrons. The Labute approximate surface area is 130 Å². The van der Waals surface area contributed by atoms with Gasteiger partial charge in [0, 0.05) is 6.54 Å². The molecule has 1 aliphatic rings. The summed E-state index contributed by atoms with van der Waals surface area (Å²) in [5.74, 6) is 0.466. The van der Waals surface area contributed by atoms with Gasteiger partial charge in [-0.15, -0.1) is 0 Å². The molecule has 0 aromatic carbocycles. The number of nitrogens with zero attached hydrogens (tertiary/aromatic N) is 1. The summed E-state index contributed by atoms with van der Waals surface area (Å²) < 4.78 is 0. The first-order valence-electron chi connectivity index (χ1n) is 8.43. The van der Waals surface area contributed by atoms with Crippen LogP contribution >= 0.6 is 0 Å². The molecule has 2 N–H and O–H groups in total. The van der Waals surface area contributed by atoms with Gasteiger partial charge < -0.3 is 10.4 Å². The molecule has 0 aliphatic carbocycles. The summed E-state index contributed by atoms with van der Waals surface area (Å²) in [6.45, 7) is 12.9. The molecule has 1 rings (SSSR count). The Kier molecular flexibility index (Phi) is 7.14. The first kappa shape index (κ1) is 18.4. The molecule has 0 unspecified atom stereocenters. The van der Waals surface area contributed by atoms with Crippen LogP contribution in [-0.4, -0.2) is 47.7 Å². The second-order valence-electron chi connectivity index (χ2n) is 7.72. The summed E-state index contributed by atoms with van der Waals surface area (Å²) in [6.07, 6.45) is 4.04. The molecule has 124 valence electrons. The molecule has 1 saturated heterocycles. The lowest BCUT2D eigenvalue weighted by Gasteiger charge is -2.36. The Bertz CT molecular complexity index is 321. The lowest BCUT2D eigenvalue weighted by molar-refractivity contribution is -0.129. The molecule has 0 spiro atoms. The second-order valence-corrected chi connectivity index (χ2v) is 7.72. The molecule has 1 fully saturated rings. The van der Waals surface area contributed by atoms with E-state index in [0.29, 0.717) is 18.9 Å². The van der Waals surface area contributed by atoms with Gasteiger partial charge in [-0.05, 0) is 50.6 Å². The fourth-order valence-electron chi connectivity index (χ4n) is 3.39. The molecule has 4 heteroatoms. The second kappa shape index (κ2) is 8.14. The Hall–Kier alpha value is -0.610. The Balaban J connectivity index is 2.57. The van der Waals surface area contributed by atoms with E-state index in [4.69, 9.17) is 0 Å². The molecule has 0 bridgehead atoms. The molecule has 0 aromatic rings. The maximum atomic E-state index is 12.6. The van der Waals surface area contributed by atoms with Gasteiger partial charge in [0.05, 0.1) is 12.1 Å². The summed E-state index contributed by atoms with van der Waals surface area (Å²) >= 11 is 0. The highest BCUT2D eigenvalue weighted by atomic mass is 16.3. The summed E-state index contributed by atoms with van der Waals surface area (Å²) in [4.78, 5) is 14.9. The van der Waals surface area contributed by atoms with Crippen LogP contribution < -0.4 is 5.32 Å². The van der Waals surface area contributed by atoms with Crippen LogP contribution in [0.25, 0.3) is 0 Å². The monoisotopic (exact) mass is 298 g/mol. The Morgan fingerprint density at radius 3 is 2.24 bits per heavy atom. The van der Waals surface area contributed by atoms with Crippen LogP contribution in [0.3, 0.4) is 0 Å². The van der Waals surface area contributed by atoms with Crippen molar-refractivity contribution in [2.24, 2.45) is 11.3 Å². The van der Waals surface area contributed by atoms with Gasteiger partial charge in [-0.25, -0.2) is 0 Å². The summed E-state index contributed by atoms with van der Waals surface area (Å²) in [7, 11) is 0. The van der Waals surface area contributed by atoms with Crippen LogP contribution in [0.2, 0.25) is 0 Å². The van der Waals surface area contributed by atoms with Crippen LogP contribution in [0, 0.1) is 11.3 Å². The third-order valence-electron chi connectivity index (χ3n) is 4.27. The fraction of sp³-hybridized carbons (Fsp3) is 0.941. The van der Waals surface area contributed by atoms with Gasteiger partial charge in [-0.3, -0.25) is 9.69 Å². The Morgan fingerprint density at radius 1 is 1.19 bits per heavy atom. The van der Waals surface area contributed by atoms with E-state index in [9.17, 15) is 9.90 Å². The van der Waals surface area contributed by atoms with Crippen LogP contribution in [0.4, 0.5) is 0 Å². The quantitative estimate of drug-likeness (QED) is 0.759. The maximum absolute atomic E-state index is 12.6. The van der Waals surface area contributed by atoms with E-state index in [2.05, 4.69) is 37.9 Å². The lowest BCUT2D eigenvalue weighted by atomic mass is 9.86. The number of carbonyl (C=O) groups excluding carboxylic acids is 1. The number of rotatable bonds is 7. The third-order valence-corrected chi connectivity index (χ3v) is 4.27. The van der Waals surface area contributed by atoms with Crippen LogP contribution in [0.5, 0.6) is 0 Å². The van der Waals surface area contributed by atoms with E-state index in [-0.39, 0.29) is 23.5 Å². The van der Waals surface area contributed by atoms with Crippen molar-refractivity contribution in [2.45, 2.75) is 72.4 Å². The van der Waals surface area contributed by atoms with E-state index in [1.54, 1.807) is 6.92 Å². The highest BCUT2D eigenvalue weighted by Gasteiger charge is 2.31. The fourth-order valence-corrected chi connectivity index (χ4v) is 3.39. The minimum atomic E-state index is -0.333. The zero-order valence-electron chi connectivity index (χ0n) is 14.5. The molecule has 1 aliphatic heterocycles. The van der Waals surface area contributed by atoms with Crippen molar-refractivity contribution < 1.29 is 9.90 Å². The van der Waals surface area contributed by atoms with Crippen molar-refractivity contribution in [2.75, 3.05) is 19.6 Å². The van der Waals surface area contributed by atoms with E-state index in [1.807, 2.05) is 0 Å². The number of hydrogen-bond donors (Lipinski definition) is 2. The number of nitrogens with one attached hydrogen (secondary N) is 1. The van der Waals surface area contributed by atoms with Crippen molar-refractivity contribution in [3.8, 4) is 0 Å². The zero-order valence-corrected chi connectivity index (χ0v) is 14.5. The van der Waals surface area contributed by atoms with E-state index in [0.717, 1.165) is 13.1 Å². The van der Waals surface area contributed by atoms with Gasteiger partial charge in [0.15, 0.2) is 0 Å². The van der Waals surface area contributed by atoms with Crippen molar-refractivity contribution in [1.29, 1.82) is 0 Å². The Morgan fingerprint density at radius 2 is 1.76 bits per heavy atom. The van der Waals surface area contributed by atoms with Gasteiger partial charge in [0.2, 0.25) is 5.91 Å². The van der Waals surface area contributed by atoms with Gasteiger partial charge in [-0.1, -0.05) is 34.1 Å². The van der Waals surface area contributed by atoms with Crippen molar-refractivity contribution in [3.63, 3.8) is 0 Å². The SMILES string of the molecule is CC(C)[C@@H](C(=O)NCC(C)(C)C[C@@H](C)O)N1CCCCC1. The molecule has 4 nitrogen and oxygen atoms in total. The summed E-state index contributed by atoms with van der Waals surface area (Å²) in [6, 6.07) is -0.0207. The van der Waals surface area contributed by atoms with Crippen LogP contribution in [0.1, 0.15) is 60.3 Å². The van der Waals surface area contributed by atoms with Gasteiger partial charge >= 0.3 is 0 Å². The molecule has 0 saturated carbocycles. The molecule has 1 heterocycles. The van der Waals surface area contributed by atoms with Crippen LogP contribution in [-0.2, 0) is 4.79 Å². The summed E-state index contributed by atoms with van der Waals surface area (Å²) in [5, 5.41) is 12.6. The average molecular weight is 298 g/mol. The minimum absolute atomic E-state index is 0.0207. The highest BCUT2D eigenvalue weighted by Crippen LogP contribution is 2.22. The van der Waals surface area contributed by atoms with Crippen molar-refractivity contribution in [1.82, 2.24) is 10.2 Å². The minimum Gasteiger partial charge on any atom is -0.393 e. The number of piperidine rings is 1. The predicted molar refractivity (Wildman–Crippen MR) is 87.1 cm³/mol. The van der Waals surface area contributed by atoms with E-state index < -0.39 is 0 Å². The number of likely N-dealkylation sites (tertiary alicyclic amines) is 1. The van der Waals surface area contributed by atoms with Gasteiger partial charge in [0.25, 0.3) is 0 Å². The number of aliphatic hydroxyl groups is 1. The first-order valence-corrected chi connectivity index (χ1v) is 8.43. The van der Waals surface area contributed by atoms with Crippen molar-refractivity contribution in [3.05, 3.63) is 0 Å². The summed E-state index contributed by atoms with van der Waals surface area (Å²) in [5.41, 5.74) is -0.0761. The standard InChI is InChI=1S/C17H34N2O2/c1-13(2)15(19-9-7-6-8-10-19)16(21)18-12-17(4,5)11-14(3)20/h13-15,20H,6-12H2,1-5H3,(H,18,21)/t14-,15+/m1/s1. The van der Waals surface area contributed by atoms with Gasteiger partial charge in [-0.2, -0.15) is 0 Å². The van der Waals surface area contributed by atoms with Crippen LogP contribution in [0.15, 0.2) is 0 Å². The zero-order chi connectivity index (χ0) is 16.0. The molecule has 2 atom stereocenters. The third kappa shape index (κ3) is 6.35. The van der Waals surface area contributed by atoms with E-state index >= 15 is 0 Å². The number of hydrogen-bond acceptors (Lipinski definition) is 3. The largest absolute Gasteiger partial charge is 0.393 e. The molecule has 1 amide bonds. The lowest BCUT2D eigenvalue weighted by Crippen LogP contribution is -2.52. The molecular formula is C17H34N2O2. The maximum Gasteiger partial charge on any atom is 0.237 e. The highest BCUT2D eigenvalue weighted by molar-refractivity contribution is 5.82. The number of aliphatic hydroxyl groups excluding tert-OH is 1. The molecular weight excluding hydrogens is 264 g/mol. The smallest absolute Gasteiger partial charge is 0.237 e. The molecule has 21 heavy (non-hydrogen) atoms. The van der Waals surface area contributed by atoms with Gasteiger partial charge in [0.1, 0.15) is 0 Å². The predicted octanol–water partition coefficient (Wildman–Crippen LogP) is 2.41. The number of carbonyl (C=O) groups is 1. The number of amides is 1. The topological polar surface area (TPSA) is 52.6 Å². The molecule has 0 aromatic heterocycles. The van der Waals surface area contributed by atoms with Crippen molar-refractivity contribution >= 4 is 5.91 Å². The average Bonchev–Trinajstić information content (AvgIpc) is 2.36.